The van der Waals surface area contributed by atoms with Crippen LogP contribution in [0.1, 0.15) is 55.0 Å². The van der Waals surface area contributed by atoms with Crippen LogP contribution in [0.5, 0.6) is 5.88 Å². The lowest BCUT2D eigenvalue weighted by Crippen LogP contribution is -2.20. The van der Waals surface area contributed by atoms with Crippen molar-refractivity contribution in [3.05, 3.63) is 41.3 Å². The highest BCUT2D eigenvalue weighted by atomic mass is 32.2. The van der Waals surface area contributed by atoms with Gasteiger partial charge in [0.05, 0.1) is 7.11 Å². The normalized spacial score (nSPS) is 18.5. The number of methoxy groups -OCH3 is 1. The summed E-state index contributed by atoms with van der Waals surface area (Å²) in [5.74, 6) is 0.740. The summed E-state index contributed by atoms with van der Waals surface area (Å²) in [4.78, 5) is 11.5. The summed E-state index contributed by atoms with van der Waals surface area (Å²) in [6.07, 6.45) is 9.08. The largest absolute Gasteiger partial charge is 0.479 e. The van der Waals surface area contributed by atoms with Gasteiger partial charge in [-0.3, -0.25) is 9.71 Å². The molecule has 8 heteroatoms. The average molecular weight is 431 g/mol. The summed E-state index contributed by atoms with van der Waals surface area (Å²) in [6.45, 7) is 1.84. The number of hydrogen-bond acceptors (Lipinski definition) is 6. The summed E-state index contributed by atoms with van der Waals surface area (Å²) < 4.78 is 34.1. The number of hydrogen-bond donors (Lipinski definition) is 1. The van der Waals surface area contributed by atoms with Gasteiger partial charge in [0.25, 0.3) is 10.0 Å². The van der Waals surface area contributed by atoms with Crippen LogP contribution in [0.2, 0.25) is 0 Å². The van der Waals surface area contributed by atoms with Gasteiger partial charge in [-0.2, -0.15) is 0 Å². The number of nitrogens with one attached hydrogen (secondary N) is 1. The second-order valence-electron chi connectivity index (χ2n) is 8.31. The van der Waals surface area contributed by atoms with Gasteiger partial charge in [-0.05, 0) is 50.1 Å². The van der Waals surface area contributed by atoms with Crippen LogP contribution in [0.4, 0.5) is 5.69 Å². The van der Waals surface area contributed by atoms with E-state index >= 15 is 0 Å². The molecule has 1 aliphatic carbocycles. The molecule has 0 radical (unpaired) electrons. The van der Waals surface area contributed by atoms with Crippen molar-refractivity contribution in [3.63, 3.8) is 0 Å². The molecule has 0 aromatic carbocycles. The van der Waals surface area contributed by atoms with Crippen molar-refractivity contribution in [2.75, 3.05) is 32.0 Å². The number of likely N-dealkylation sites (N-methyl/N-ethyl adjacent to an activating group) is 1. The Labute approximate surface area is 178 Å². The fraction of sp³-hybridized carbons (Fsp3) is 0.545. The molecule has 4 rings (SSSR count). The monoisotopic (exact) mass is 430 g/mol. The Kier molecular flexibility index (Phi) is 6.24. The molecule has 1 saturated carbocycles. The third kappa shape index (κ3) is 4.59. The van der Waals surface area contributed by atoms with Gasteiger partial charge < -0.3 is 9.64 Å². The van der Waals surface area contributed by atoms with Gasteiger partial charge in [-0.25, -0.2) is 13.4 Å². The molecule has 0 atom stereocenters. The molecule has 0 amide bonds. The van der Waals surface area contributed by atoms with E-state index in [1.54, 1.807) is 6.07 Å². The van der Waals surface area contributed by atoms with E-state index in [0.717, 1.165) is 55.7 Å². The molecule has 0 saturated heterocycles. The highest BCUT2D eigenvalue weighted by Crippen LogP contribution is 2.32. The van der Waals surface area contributed by atoms with Crippen molar-refractivity contribution in [3.8, 4) is 5.88 Å². The zero-order valence-electron chi connectivity index (χ0n) is 17.7. The van der Waals surface area contributed by atoms with Crippen molar-refractivity contribution in [1.29, 1.82) is 0 Å². The fourth-order valence-electron chi connectivity index (χ4n) is 4.35. The van der Waals surface area contributed by atoms with Crippen molar-refractivity contribution >= 4 is 15.7 Å². The molecule has 162 valence electrons. The summed E-state index contributed by atoms with van der Waals surface area (Å²) in [5.41, 5.74) is 3.39. The quantitative estimate of drug-likeness (QED) is 0.783. The Bertz CT molecular complexity index is 986. The van der Waals surface area contributed by atoms with E-state index in [4.69, 9.17) is 4.74 Å². The molecule has 1 aliphatic heterocycles. The minimum atomic E-state index is -3.78. The molecule has 2 aliphatic rings. The lowest BCUT2D eigenvalue weighted by molar-refractivity contribution is 0.351. The van der Waals surface area contributed by atoms with Crippen LogP contribution in [0.3, 0.4) is 0 Å². The van der Waals surface area contributed by atoms with Gasteiger partial charge in [-0.1, -0.05) is 19.3 Å². The lowest BCUT2D eigenvalue weighted by atomic mass is 9.87. The Morgan fingerprint density at radius 3 is 2.60 bits per heavy atom. The lowest BCUT2D eigenvalue weighted by Gasteiger charge is -2.21. The summed E-state index contributed by atoms with van der Waals surface area (Å²) >= 11 is 0. The first-order valence-electron chi connectivity index (χ1n) is 10.7. The molecule has 1 N–H and O–H groups in total. The molecule has 30 heavy (non-hydrogen) atoms. The predicted octanol–water partition coefficient (Wildman–Crippen LogP) is 3.36. The number of sulfonamides is 1. The maximum Gasteiger partial charge on any atom is 0.263 e. The van der Waals surface area contributed by atoms with Crippen molar-refractivity contribution in [2.24, 2.45) is 0 Å². The number of aromatic nitrogens is 2. The number of nitrogens with zero attached hydrogens (tertiary/aromatic N) is 3. The number of ether oxygens (including phenoxy) is 1. The summed E-state index contributed by atoms with van der Waals surface area (Å²) in [5, 5.41) is 0. The van der Waals surface area contributed by atoms with Crippen LogP contribution in [0.15, 0.2) is 29.3 Å². The molecule has 0 spiro atoms. The van der Waals surface area contributed by atoms with Gasteiger partial charge in [0, 0.05) is 43.0 Å². The van der Waals surface area contributed by atoms with Crippen LogP contribution in [0, 0.1) is 0 Å². The van der Waals surface area contributed by atoms with Gasteiger partial charge in [-0.15, -0.1) is 0 Å². The first kappa shape index (κ1) is 21.1. The molecule has 1 fully saturated rings. The SMILES string of the molecule is COc1nc2c(cc1NS(=O)(=O)c1ccc(C3CCCCC3)nc1)CCN(C)CC2. The Hall–Kier alpha value is -2.19. The smallest absolute Gasteiger partial charge is 0.263 e. The third-order valence-electron chi connectivity index (χ3n) is 6.18. The number of rotatable bonds is 5. The van der Waals surface area contributed by atoms with E-state index in [1.807, 2.05) is 12.1 Å². The van der Waals surface area contributed by atoms with Crippen LogP contribution in [0.25, 0.3) is 0 Å². The van der Waals surface area contributed by atoms with Crippen LogP contribution in [-0.2, 0) is 22.9 Å². The predicted molar refractivity (Wildman–Crippen MR) is 117 cm³/mol. The molecule has 0 unspecified atom stereocenters. The number of pyridine rings is 2. The Morgan fingerprint density at radius 1 is 1.13 bits per heavy atom. The standard InChI is InChI=1S/C22H30N4O3S/c1-26-12-10-17-14-21(22(29-2)24-20(17)11-13-26)25-30(27,28)18-8-9-19(23-15-18)16-6-4-3-5-7-16/h8-9,14-16,25H,3-7,10-13H2,1-2H3. The maximum atomic E-state index is 13.0. The first-order valence-corrected chi connectivity index (χ1v) is 12.2. The summed E-state index contributed by atoms with van der Waals surface area (Å²) in [7, 11) is -0.193. The number of anilines is 1. The maximum absolute atomic E-state index is 13.0. The minimum Gasteiger partial charge on any atom is -0.479 e. The average Bonchev–Trinajstić information content (AvgIpc) is 2.95. The van der Waals surface area contributed by atoms with Crippen LogP contribution < -0.4 is 9.46 Å². The Morgan fingerprint density at radius 2 is 1.90 bits per heavy atom. The van der Waals surface area contributed by atoms with E-state index in [1.165, 1.54) is 32.6 Å². The van der Waals surface area contributed by atoms with Crippen molar-refractivity contribution < 1.29 is 13.2 Å². The van der Waals surface area contributed by atoms with Gasteiger partial charge in [0.2, 0.25) is 5.88 Å². The van der Waals surface area contributed by atoms with Crippen molar-refractivity contribution in [1.82, 2.24) is 14.9 Å². The minimum absolute atomic E-state index is 0.152. The third-order valence-corrected chi connectivity index (χ3v) is 7.53. The number of fused-ring (bicyclic) bond motifs is 1. The molecular formula is C22H30N4O3S. The molecule has 0 bridgehead atoms. The van der Waals surface area contributed by atoms with Crippen LogP contribution in [-0.4, -0.2) is 50.5 Å². The topological polar surface area (TPSA) is 84.4 Å². The molecule has 7 nitrogen and oxygen atoms in total. The van der Waals surface area contributed by atoms with Gasteiger partial charge >= 0.3 is 0 Å². The van der Waals surface area contributed by atoms with E-state index in [9.17, 15) is 8.42 Å². The molecule has 2 aromatic rings. The van der Waals surface area contributed by atoms with Gasteiger partial charge in [0.1, 0.15) is 10.6 Å². The van der Waals surface area contributed by atoms with E-state index in [-0.39, 0.29) is 4.90 Å². The van der Waals surface area contributed by atoms with Crippen molar-refractivity contribution in [2.45, 2.75) is 55.8 Å². The Balaban J connectivity index is 1.57. The second kappa shape index (κ2) is 8.89. The highest BCUT2D eigenvalue weighted by Gasteiger charge is 2.23. The second-order valence-corrected chi connectivity index (χ2v) is 10.00. The van der Waals surface area contributed by atoms with Gasteiger partial charge in [0.15, 0.2) is 0 Å². The van der Waals surface area contributed by atoms with Crippen LogP contribution >= 0.6 is 0 Å². The molecule has 2 aromatic heterocycles. The zero-order chi connectivity index (χ0) is 21.1. The molecular weight excluding hydrogens is 400 g/mol. The highest BCUT2D eigenvalue weighted by molar-refractivity contribution is 7.92. The zero-order valence-corrected chi connectivity index (χ0v) is 18.5. The fourth-order valence-corrected chi connectivity index (χ4v) is 5.34. The molecule has 3 heterocycles. The summed E-state index contributed by atoms with van der Waals surface area (Å²) in [6, 6.07) is 5.37. The van der Waals surface area contributed by atoms with E-state index in [2.05, 4.69) is 26.6 Å². The first-order chi connectivity index (χ1) is 14.5. The van der Waals surface area contributed by atoms with E-state index < -0.39 is 10.0 Å². The van der Waals surface area contributed by atoms with E-state index in [0.29, 0.717) is 17.5 Å².